The van der Waals surface area contributed by atoms with Crippen molar-refractivity contribution < 1.29 is 4.42 Å². The summed E-state index contributed by atoms with van der Waals surface area (Å²) < 4.78 is 5.30. The average Bonchev–Trinajstić information content (AvgIpc) is 2.60. The molecule has 0 unspecified atom stereocenters. The second-order valence-electron chi connectivity index (χ2n) is 2.72. The Bertz CT molecular complexity index is 393. The van der Waals surface area contributed by atoms with Crippen molar-refractivity contribution in [3.63, 3.8) is 0 Å². The van der Waals surface area contributed by atoms with Gasteiger partial charge in [-0.05, 0) is 17.2 Å². The molecule has 0 atom stereocenters. The maximum Gasteiger partial charge on any atom is 0.137 e. The van der Waals surface area contributed by atoms with E-state index in [2.05, 4.69) is 12.2 Å². The van der Waals surface area contributed by atoms with E-state index in [1.807, 2.05) is 6.07 Å². The molecule has 2 bridgehead atoms. The van der Waals surface area contributed by atoms with Crippen LogP contribution in [0, 0.1) is 0 Å². The molecule has 2 aliphatic rings. The summed E-state index contributed by atoms with van der Waals surface area (Å²) in [5.41, 5.74) is 3.85. The molecule has 0 radical (unpaired) electrons. The van der Waals surface area contributed by atoms with Crippen molar-refractivity contribution in [2.24, 2.45) is 0 Å². The lowest BCUT2D eigenvalue weighted by molar-refractivity contribution is 0.529. The summed E-state index contributed by atoms with van der Waals surface area (Å²) in [5.74, 6) is 0. The molecule has 1 nitrogen and oxygen atoms in total. The molecule has 0 aliphatic heterocycles. The van der Waals surface area contributed by atoms with Gasteiger partial charge in [-0.3, -0.25) is 0 Å². The van der Waals surface area contributed by atoms with Crippen LogP contribution in [0.25, 0.3) is 11.1 Å². The maximum absolute atomic E-state index is 5.30. The first-order valence-electron chi connectivity index (χ1n) is 3.43. The summed E-state index contributed by atoms with van der Waals surface area (Å²) in [4.78, 5) is 0. The van der Waals surface area contributed by atoms with Crippen molar-refractivity contribution in [2.75, 3.05) is 0 Å². The van der Waals surface area contributed by atoms with Gasteiger partial charge >= 0.3 is 0 Å². The highest BCUT2D eigenvalue weighted by Gasteiger charge is 2.16. The molecule has 0 saturated carbocycles. The Morgan fingerprint density at radius 3 is 3.00 bits per heavy atom. The standard InChI is InChI=1S/C9H6O/c1-2-7-5-6(1)8-3-4-10-9(7)8/h1-4H,5H2. The van der Waals surface area contributed by atoms with Crippen molar-refractivity contribution >= 4 is 11.1 Å². The van der Waals surface area contributed by atoms with Crippen LogP contribution in [0.3, 0.4) is 0 Å². The molecule has 1 aromatic heterocycles. The van der Waals surface area contributed by atoms with Gasteiger partial charge in [0, 0.05) is 11.6 Å². The third-order valence-corrected chi connectivity index (χ3v) is 2.17. The van der Waals surface area contributed by atoms with E-state index in [4.69, 9.17) is 4.42 Å². The molecule has 2 aliphatic carbocycles. The van der Waals surface area contributed by atoms with Gasteiger partial charge in [0.05, 0.1) is 6.26 Å². The van der Waals surface area contributed by atoms with E-state index in [1.54, 1.807) is 6.26 Å². The number of hydrogen-bond acceptors (Lipinski definition) is 1. The van der Waals surface area contributed by atoms with E-state index in [0.717, 1.165) is 11.8 Å². The highest BCUT2D eigenvalue weighted by atomic mass is 16.3. The van der Waals surface area contributed by atoms with Crippen LogP contribution >= 0.6 is 0 Å². The Morgan fingerprint density at radius 2 is 2.10 bits per heavy atom. The van der Waals surface area contributed by atoms with Gasteiger partial charge in [0.1, 0.15) is 5.42 Å². The minimum absolute atomic E-state index is 1.09. The lowest BCUT2D eigenvalue weighted by atomic mass is 10.2. The van der Waals surface area contributed by atoms with Crippen molar-refractivity contribution in [1.82, 2.24) is 0 Å². The molecule has 0 amide bonds. The molecule has 0 spiro atoms. The fourth-order valence-electron chi connectivity index (χ4n) is 1.68. The van der Waals surface area contributed by atoms with Crippen molar-refractivity contribution in [3.8, 4) is 0 Å². The monoisotopic (exact) mass is 130 g/mol. The molecule has 1 aromatic rings. The fraction of sp³-hybridized carbons (Fsp3) is 0.111. The SMILES string of the molecule is C1=CC2=c3occc3=C1C2. The van der Waals surface area contributed by atoms with Crippen LogP contribution in [0.5, 0.6) is 0 Å². The van der Waals surface area contributed by atoms with Gasteiger partial charge < -0.3 is 4.42 Å². The van der Waals surface area contributed by atoms with Crippen LogP contribution in [0.4, 0.5) is 0 Å². The molecule has 1 heterocycles. The van der Waals surface area contributed by atoms with E-state index in [0.29, 0.717) is 0 Å². The number of hydrogen-bond donors (Lipinski definition) is 0. The lowest BCUT2D eigenvalue weighted by Crippen LogP contribution is -2.19. The molecule has 0 fully saturated rings. The van der Waals surface area contributed by atoms with Crippen molar-refractivity contribution in [3.05, 3.63) is 35.1 Å². The average molecular weight is 130 g/mol. The zero-order chi connectivity index (χ0) is 6.55. The Hall–Kier alpha value is -1.24. The zero-order valence-corrected chi connectivity index (χ0v) is 5.42. The predicted molar refractivity (Wildman–Crippen MR) is 38.5 cm³/mol. The van der Waals surface area contributed by atoms with Gasteiger partial charge in [0.2, 0.25) is 0 Å². The third kappa shape index (κ3) is 0.338. The molecule has 10 heavy (non-hydrogen) atoms. The minimum atomic E-state index is 1.09. The molecular weight excluding hydrogens is 124 g/mol. The van der Waals surface area contributed by atoms with Crippen LogP contribution < -0.4 is 10.6 Å². The fourth-order valence-corrected chi connectivity index (χ4v) is 1.68. The van der Waals surface area contributed by atoms with Crippen molar-refractivity contribution in [2.45, 2.75) is 6.42 Å². The highest BCUT2D eigenvalue weighted by molar-refractivity contribution is 5.84. The van der Waals surface area contributed by atoms with Crippen LogP contribution in [-0.4, -0.2) is 0 Å². The normalized spacial score (nSPS) is 18.8. The van der Waals surface area contributed by atoms with Gasteiger partial charge in [0.25, 0.3) is 0 Å². The highest BCUT2D eigenvalue weighted by Crippen LogP contribution is 2.24. The number of rotatable bonds is 0. The molecule has 0 saturated heterocycles. The molecular formula is C9H6O. The molecule has 0 aromatic carbocycles. The second-order valence-corrected chi connectivity index (χ2v) is 2.72. The summed E-state index contributed by atoms with van der Waals surface area (Å²) in [7, 11) is 0. The van der Waals surface area contributed by atoms with E-state index >= 15 is 0 Å². The Morgan fingerprint density at radius 1 is 1.20 bits per heavy atom. The molecule has 1 heteroatoms. The summed E-state index contributed by atoms with van der Waals surface area (Å²) in [5, 5.41) is 1.30. The quantitative estimate of drug-likeness (QED) is 0.500. The maximum atomic E-state index is 5.30. The number of allylic oxidation sites excluding steroid dienone is 2. The van der Waals surface area contributed by atoms with E-state index in [9.17, 15) is 0 Å². The zero-order valence-electron chi connectivity index (χ0n) is 5.42. The van der Waals surface area contributed by atoms with Crippen LogP contribution in [0.1, 0.15) is 6.42 Å². The Balaban J connectivity index is 2.77. The van der Waals surface area contributed by atoms with Crippen LogP contribution in [0.2, 0.25) is 0 Å². The third-order valence-electron chi connectivity index (χ3n) is 2.17. The van der Waals surface area contributed by atoms with Gasteiger partial charge in [-0.1, -0.05) is 12.2 Å². The largest absolute Gasteiger partial charge is 0.464 e. The second kappa shape index (κ2) is 1.26. The number of fused-ring (bicyclic) bond motifs is 3. The Labute approximate surface area is 58.0 Å². The van der Waals surface area contributed by atoms with Crippen LogP contribution in [0.15, 0.2) is 28.9 Å². The first-order chi connectivity index (χ1) is 4.95. The minimum Gasteiger partial charge on any atom is -0.464 e. The molecule has 3 rings (SSSR count). The summed E-state index contributed by atoms with van der Waals surface area (Å²) in [6.45, 7) is 0. The van der Waals surface area contributed by atoms with E-state index in [-0.39, 0.29) is 0 Å². The first-order valence-corrected chi connectivity index (χ1v) is 3.43. The Kier molecular flexibility index (Phi) is 0.575. The topological polar surface area (TPSA) is 13.1 Å². The first kappa shape index (κ1) is 4.56. The van der Waals surface area contributed by atoms with E-state index in [1.165, 1.54) is 16.4 Å². The van der Waals surface area contributed by atoms with Gasteiger partial charge in [-0.25, -0.2) is 0 Å². The number of furan rings is 1. The molecule has 0 N–H and O–H groups in total. The summed E-state index contributed by atoms with van der Waals surface area (Å²) in [6.07, 6.45) is 7.17. The molecule has 48 valence electrons. The van der Waals surface area contributed by atoms with Crippen molar-refractivity contribution in [1.29, 1.82) is 0 Å². The van der Waals surface area contributed by atoms with Gasteiger partial charge in [0.15, 0.2) is 0 Å². The predicted octanol–water partition coefficient (Wildman–Crippen LogP) is 0.555. The van der Waals surface area contributed by atoms with Gasteiger partial charge in [-0.2, -0.15) is 0 Å². The summed E-state index contributed by atoms with van der Waals surface area (Å²) in [6, 6.07) is 2.04. The van der Waals surface area contributed by atoms with Crippen LogP contribution in [-0.2, 0) is 0 Å². The smallest absolute Gasteiger partial charge is 0.137 e. The lowest BCUT2D eigenvalue weighted by Gasteiger charge is -1.80. The summed E-state index contributed by atoms with van der Waals surface area (Å²) >= 11 is 0. The van der Waals surface area contributed by atoms with Gasteiger partial charge in [-0.15, -0.1) is 0 Å². The van der Waals surface area contributed by atoms with E-state index < -0.39 is 0 Å².